The predicted octanol–water partition coefficient (Wildman–Crippen LogP) is 4.84. The number of benzene rings is 3. The van der Waals surface area contributed by atoms with Gasteiger partial charge >= 0.3 is 17.9 Å². The zero-order chi connectivity index (χ0) is 27.9. The average molecular weight is 541 g/mol. The summed E-state index contributed by atoms with van der Waals surface area (Å²) in [5.74, 6) is -1.79. The van der Waals surface area contributed by atoms with Crippen LogP contribution in [0.4, 0.5) is 0 Å². The molecule has 5 rings (SSSR count). The van der Waals surface area contributed by atoms with Crippen molar-refractivity contribution in [3.8, 4) is 0 Å². The van der Waals surface area contributed by atoms with Gasteiger partial charge in [-0.05, 0) is 48.5 Å². The Hall–Kier alpha value is -5.02. The van der Waals surface area contributed by atoms with Gasteiger partial charge < -0.3 is 23.4 Å². The maximum Gasteiger partial charge on any atom is 0.338 e. The minimum atomic E-state index is -1.20. The van der Waals surface area contributed by atoms with Gasteiger partial charge in [-0.2, -0.15) is 0 Å². The highest BCUT2D eigenvalue weighted by Crippen LogP contribution is 2.39. The third-order valence-corrected chi connectivity index (χ3v) is 6.25. The fourth-order valence-electron chi connectivity index (χ4n) is 4.29. The van der Waals surface area contributed by atoms with Crippen LogP contribution in [0.15, 0.2) is 108 Å². The standard InChI is InChI=1S/C31H24O9/c32-18-23-16-17-24(37-23)26-28(40-31(35)22-14-8-3-9-15-22)27(39-30(34)21-12-6-2-7-13-21)25(38-26)19-36-29(33)20-10-4-1-5-11-20/h1-18,25-28H,19H2/t25-,26+,27-,28+/m1/s1. The number of rotatable bonds is 9. The van der Waals surface area contributed by atoms with Gasteiger partial charge in [0.15, 0.2) is 30.4 Å². The van der Waals surface area contributed by atoms with E-state index in [4.69, 9.17) is 23.4 Å². The van der Waals surface area contributed by atoms with Gasteiger partial charge in [0.25, 0.3) is 0 Å². The number of hydrogen-bond donors (Lipinski definition) is 0. The molecule has 202 valence electrons. The summed E-state index contributed by atoms with van der Waals surface area (Å²) in [7, 11) is 0. The van der Waals surface area contributed by atoms with Crippen molar-refractivity contribution in [1.29, 1.82) is 0 Å². The zero-order valence-corrected chi connectivity index (χ0v) is 21.1. The molecule has 0 unspecified atom stereocenters. The molecule has 1 saturated heterocycles. The van der Waals surface area contributed by atoms with E-state index in [-0.39, 0.29) is 29.3 Å². The molecular weight excluding hydrogens is 516 g/mol. The number of esters is 3. The van der Waals surface area contributed by atoms with Gasteiger partial charge in [0.05, 0.1) is 16.7 Å². The van der Waals surface area contributed by atoms with Gasteiger partial charge in [0, 0.05) is 0 Å². The molecule has 0 spiro atoms. The summed E-state index contributed by atoms with van der Waals surface area (Å²) in [4.78, 5) is 50.1. The monoisotopic (exact) mass is 540 g/mol. The molecule has 1 aromatic heterocycles. The van der Waals surface area contributed by atoms with Gasteiger partial charge in [-0.25, -0.2) is 14.4 Å². The van der Waals surface area contributed by atoms with Crippen molar-refractivity contribution >= 4 is 24.2 Å². The second-order valence-corrected chi connectivity index (χ2v) is 8.89. The van der Waals surface area contributed by atoms with Crippen molar-refractivity contribution < 1.29 is 42.5 Å². The molecule has 0 N–H and O–H groups in total. The highest BCUT2D eigenvalue weighted by Gasteiger charge is 2.52. The highest BCUT2D eigenvalue weighted by molar-refractivity contribution is 5.91. The fourth-order valence-corrected chi connectivity index (χ4v) is 4.29. The molecule has 1 fully saturated rings. The molecule has 0 aliphatic carbocycles. The van der Waals surface area contributed by atoms with Gasteiger partial charge in [0.1, 0.15) is 18.5 Å². The first-order valence-corrected chi connectivity index (χ1v) is 12.5. The Morgan fingerprint density at radius 2 is 1.15 bits per heavy atom. The van der Waals surface area contributed by atoms with Crippen molar-refractivity contribution in [2.75, 3.05) is 6.61 Å². The Morgan fingerprint density at radius 1 is 0.650 bits per heavy atom. The molecule has 0 radical (unpaired) electrons. The lowest BCUT2D eigenvalue weighted by Crippen LogP contribution is -2.40. The van der Waals surface area contributed by atoms with Crippen LogP contribution in [0.1, 0.15) is 53.5 Å². The van der Waals surface area contributed by atoms with Gasteiger partial charge in [0.2, 0.25) is 0 Å². The molecule has 2 heterocycles. The molecule has 0 saturated carbocycles. The van der Waals surface area contributed by atoms with E-state index in [9.17, 15) is 19.2 Å². The summed E-state index contributed by atoms with van der Waals surface area (Å²) >= 11 is 0. The van der Waals surface area contributed by atoms with Crippen LogP contribution >= 0.6 is 0 Å². The highest BCUT2D eigenvalue weighted by atomic mass is 16.7. The Morgan fingerprint density at radius 3 is 1.65 bits per heavy atom. The first-order chi connectivity index (χ1) is 19.5. The number of hydrogen-bond acceptors (Lipinski definition) is 9. The van der Waals surface area contributed by atoms with Crippen LogP contribution in [0.25, 0.3) is 0 Å². The Labute approximate surface area is 229 Å². The van der Waals surface area contributed by atoms with Crippen LogP contribution in [0.5, 0.6) is 0 Å². The first-order valence-electron chi connectivity index (χ1n) is 12.5. The molecule has 1 aliphatic heterocycles. The Kier molecular flexibility index (Phi) is 8.13. The average Bonchev–Trinajstić information content (AvgIpc) is 3.62. The van der Waals surface area contributed by atoms with Crippen molar-refractivity contribution in [3.05, 3.63) is 131 Å². The van der Waals surface area contributed by atoms with Gasteiger partial charge in [-0.15, -0.1) is 0 Å². The van der Waals surface area contributed by atoms with Crippen molar-refractivity contribution in [1.82, 2.24) is 0 Å². The topological polar surface area (TPSA) is 118 Å². The molecule has 3 aromatic carbocycles. The molecule has 9 nitrogen and oxygen atoms in total. The number of ether oxygens (including phenoxy) is 4. The third-order valence-electron chi connectivity index (χ3n) is 6.25. The smallest absolute Gasteiger partial charge is 0.338 e. The molecule has 0 amide bonds. The van der Waals surface area contributed by atoms with Crippen molar-refractivity contribution in [2.45, 2.75) is 24.4 Å². The number of carbonyl (C=O) groups excluding carboxylic acids is 4. The van der Waals surface area contributed by atoms with Crippen LogP contribution in [-0.2, 0) is 18.9 Å². The summed E-state index contributed by atoms with van der Waals surface area (Å²) in [5.41, 5.74) is 0.852. The largest absolute Gasteiger partial charge is 0.459 e. The van der Waals surface area contributed by atoms with Crippen LogP contribution in [0, 0.1) is 0 Å². The minimum absolute atomic E-state index is 0.0310. The normalized spacial score (nSPS) is 19.9. The molecule has 9 heteroatoms. The second kappa shape index (κ2) is 12.2. The van der Waals surface area contributed by atoms with Crippen molar-refractivity contribution in [3.63, 3.8) is 0 Å². The van der Waals surface area contributed by atoms with Gasteiger partial charge in [-0.1, -0.05) is 54.6 Å². The molecule has 40 heavy (non-hydrogen) atoms. The van der Waals surface area contributed by atoms with Crippen LogP contribution in [-0.4, -0.2) is 49.1 Å². The summed E-state index contributed by atoms with van der Waals surface area (Å²) in [6, 6.07) is 27.8. The predicted molar refractivity (Wildman–Crippen MR) is 140 cm³/mol. The summed E-state index contributed by atoms with van der Waals surface area (Å²) in [5, 5.41) is 0. The molecular formula is C31H24O9. The lowest BCUT2D eigenvalue weighted by molar-refractivity contribution is -0.0463. The number of aldehydes is 1. The van der Waals surface area contributed by atoms with E-state index < -0.39 is 42.3 Å². The maximum absolute atomic E-state index is 13.1. The SMILES string of the molecule is O=Cc1ccc([C@@H]2O[C@H](COC(=O)c3ccccc3)[C@@H](OC(=O)c3ccccc3)[C@H]2OC(=O)c2ccccc2)o1. The number of furan rings is 1. The minimum Gasteiger partial charge on any atom is -0.459 e. The summed E-state index contributed by atoms with van der Waals surface area (Å²) in [6.07, 6.45) is -3.99. The first kappa shape index (κ1) is 26.6. The van der Waals surface area contributed by atoms with E-state index in [0.29, 0.717) is 11.8 Å². The molecule has 1 aliphatic rings. The molecule has 4 atom stereocenters. The molecule has 0 bridgehead atoms. The van der Waals surface area contributed by atoms with Crippen LogP contribution < -0.4 is 0 Å². The maximum atomic E-state index is 13.1. The van der Waals surface area contributed by atoms with Crippen molar-refractivity contribution in [2.24, 2.45) is 0 Å². The van der Waals surface area contributed by atoms with E-state index in [1.807, 2.05) is 0 Å². The van der Waals surface area contributed by atoms with E-state index in [1.54, 1.807) is 91.0 Å². The Bertz CT molecular complexity index is 1460. The third kappa shape index (κ3) is 6.00. The Balaban J connectivity index is 1.46. The van der Waals surface area contributed by atoms with E-state index in [0.717, 1.165) is 0 Å². The van der Waals surface area contributed by atoms with E-state index >= 15 is 0 Å². The van der Waals surface area contributed by atoms with Crippen LogP contribution in [0.2, 0.25) is 0 Å². The van der Waals surface area contributed by atoms with E-state index in [2.05, 4.69) is 0 Å². The quantitative estimate of drug-likeness (QED) is 0.167. The van der Waals surface area contributed by atoms with Gasteiger partial charge in [-0.3, -0.25) is 4.79 Å². The number of carbonyl (C=O) groups is 4. The lowest BCUT2D eigenvalue weighted by Gasteiger charge is -2.24. The second-order valence-electron chi connectivity index (χ2n) is 8.89. The fraction of sp³-hybridized carbons (Fsp3) is 0.161. The lowest BCUT2D eigenvalue weighted by atomic mass is 10.1. The molecule has 4 aromatic rings. The zero-order valence-electron chi connectivity index (χ0n) is 21.1. The van der Waals surface area contributed by atoms with E-state index in [1.165, 1.54) is 12.1 Å². The summed E-state index contributed by atoms with van der Waals surface area (Å²) < 4.78 is 28.9. The summed E-state index contributed by atoms with van der Waals surface area (Å²) in [6.45, 7) is -0.322. The van der Waals surface area contributed by atoms with Crippen LogP contribution in [0.3, 0.4) is 0 Å².